The molecular weight excluding hydrogens is 236 g/mol. The lowest BCUT2D eigenvalue weighted by Gasteiger charge is -2.26. The van der Waals surface area contributed by atoms with Gasteiger partial charge in [0.2, 0.25) is 0 Å². The van der Waals surface area contributed by atoms with Crippen LogP contribution in [-0.2, 0) is 0 Å². The molecule has 0 spiro atoms. The zero-order chi connectivity index (χ0) is 13.5. The second-order valence-corrected chi connectivity index (χ2v) is 5.39. The van der Waals surface area contributed by atoms with Crippen molar-refractivity contribution in [3.05, 3.63) is 29.3 Å². The molecule has 0 atom stereocenters. The van der Waals surface area contributed by atoms with E-state index in [1.54, 1.807) is 0 Å². The predicted octanol–water partition coefficient (Wildman–Crippen LogP) is 2.37. The number of nitrogens with zero attached hydrogens (tertiary/aromatic N) is 1. The lowest BCUT2D eigenvalue weighted by molar-refractivity contribution is 0.226. The van der Waals surface area contributed by atoms with Gasteiger partial charge in [-0.1, -0.05) is 6.07 Å². The number of benzene rings is 1. The smallest absolute Gasteiger partial charge is 0.119 e. The summed E-state index contributed by atoms with van der Waals surface area (Å²) in [7, 11) is 0. The number of rotatable bonds is 6. The molecule has 1 N–H and O–H groups in total. The fourth-order valence-electron chi connectivity index (χ4n) is 2.37. The SMILES string of the molecule is Cc1ccc(OCCCCN2CCNCC2)cc1C. The number of aryl methyl sites for hydroxylation is 2. The molecule has 3 nitrogen and oxygen atoms in total. The van der Waals surface area contributed by atoms with Crippen molar-refractivity contribution >= 4 is 0 Å². The van der Waals surface area contributed by atoms with E-state index in [1.165, 1.54) is 37.2 Å². The van der Waals surface area contributed by atoms with Crippen molar-refractivity contribution in [1.82, 2.24) is 10.2 Å². The van der Waals surface area contributed by atoms with Gasteiger partial charge in [0.05, 0.1) is 6.61 Å². The van der Waals surface area contributed by atoms with E-state index in [1.807, 2.05) is 0 Å². The van der Waals surface area contributed by atoms with Gasteiger partial charge in [-0.2, -0.15) is 0 Å². The molecule has 2 rings (SSSR count). The van der Waals surface area contributed by atoms with E-state index in [0.717, 1.165) is 31.9 Å². The maximum Gasteiger partial charge on any atom is 0.119 e. The third kappa shape index (κ3) is 4.84. The highest BCUT2D eigenvalue weighted by molar-refractivity contribution is 5.33. The van der Waals surface area contributed by atoms with Gasteiger partial charge in [-0.3, -0.25) is 0 Å². The Kier molecular flexibility index (Phi) is 5.67. The lowest BCUT2D eigenvalue weighted by atomic mass is 10.1. The first-order valence-corrected chi connectivity index (χ1v) is 7.39. The Balaban J connectivity index is 1.59. The quantitative estimate of drug-likeness (QED) is 0.797. The van der Waals surface area contributed by atoms with Crippen LogP contribution in [0.5, 0.6) is 5.75 Å². The van der Waals surface area contributed by atoms with Gasteiger partial charge in [0.1, 0.15) is 5.75 Å². The lowest BCUT2D eigenvalue weighted by Crippen LogP contribution is -2.43. The Morgan fingerprint density at radius 1 is 1.11 bits per heavy atom. The normalized spacial score (nSPS) is 16.5. The molecule has 0 bridgehead atoms. The van der Waals surface area contributed by atoms with Crippen LogP contribution in [0.25, 0.3) is 0 Å². The van der Waals surface area contributed by atoms with Crippen LogP contribution in [-0.4, -0.2) is 44.2 Å². The molecular formula is C16H26N2O. The number of hydrogen-bond acceptors (Lipinski definition) is 3. The highest BCUT2D eigenvalue weighted by Crippen LogP contribution is 2.16. The molecule has 0 unspecified atom stereocenters. The van der Waals surface area contributed by atoms with E-state index in [2.05, 4.69) is 42.3 Å². The summed E-state index contributed by atoms with van der Waals surface area (Å²) < 4.78 is 5.80. The average Bonchev–Trinajstić information content (AvgIpc) is 2.43. The topological polar surface area (TPSA) is 24.5 Å². The van der Waals surface area contributed by atoms with Crippen LogP contribution in [0.3, 0.4) is 0 Å². The fraction of sp³-hybridized carbons (Fsp3) is 0.625. The van der Waals surface area contributed by atoms with Crippen LogP contribution in [0.15, 0.2) is 18.2 Å². The molecule has 1 aliphatic heterocycles. The van der Waals surface area contributed by atoms with Crippen molar-refractivity contribution in [2.24, 2.45) is 0 Å². The standard InChI is InChI=1S/C16H26N2O/c1-14-5-6-16(13-15(14)2)19-12-4-3-9-18-10-7-17-8-11-18/h5-6,13,17H,3-4,7-12H2,1-2H3. The van der Waals surface area contributed by atoms with Gasteiger partial charge in [0.25, 0.3) is 0 Å². The molecule has 1 saturated heterocycles. The van der Waals surface area contributed by atoms with E-state index in [-0.39, 0.29) is 0 Å². The Labute approximate surface area is 116 Å². The zero-order valence-electron chi connectivity index (χ0n) is 12.2. The largest absolute Gasteiger partial charge is 0.494 e. The van der Waals surface area contributed by atoms with Gasteiger partial charge in [-0.15, -0.1) is 0 Å². The molecule has 0 aliphatic carbocycles. The van der Waals surface area contributed by atoms with E-state index in [0.29, 0.717) is 0 Å². The first kappa shape index (κ1) is 14.4. The minimum Gasteiger partial charge on any atom is -0.494 e. The monoisotopic (exact) mass is 262 g/mol. The van der Waals surface area contributed by atoms with Gasteiger partial charge >= 0.3 is 0 Å². The first-order valence-electron chi connectivity index (χ1n) is 7.39. The highest BCUT2D eigenvalue weighted by atomic mass is 16.5. The third-order valence-corrected chi connectivity index (χ3v) is 3.83. The van der Waals surface area contributed by atoms with Crippen LogP contribution in [0.1, 0.15) is 24.0 Å². The molecule has 1 aromatic carbocycles. The summed E-state index contributed by atoms with van der Waals surface area (Å²) in [5.41, 5.74) is 2.63. The summed E-state index contributed by atoms with van der Waals surface area (Å²) >= 11 is 0. The summed E-state index contributed by atoms with van der Waals surface area (Å²) in [5, 5.41) is 3.38. The first-order chi connectivity index (χ1) is 9.25. The maximum absolute atomic E-state index is 5.80. The van der Waals surface area contributed by atoms with Gasteiger partial charge < -0.3 is 15.0 Å². The van der Waals surface area contributed by atoms with Crippen molar-refractivity contribution in [3.8, 4) is 5.75 Å². The van der Waals surface area contributed by atoms with Crippen LogP contribution >= 0.6 is 0 Å². The molecule has 19 heavy (non-hydrogen) atoms. The second-order valence-electron chi connectivity index (χ2n) is 5.39. The van der Waals surface area contributed by atoms with Crippen LogP contribution in [0.2, 0.25) is 0 Å². The Morgan fingerprint density at radius 2 is 1.89 bits per heavy atom. The second kappa shape index (κ2) is 7.51. The molecule has 3 heteroatoms. The van der Waals surface area contributed by atoms with Gasteiger partial charge in [0, 0.05) is 26.2 Å². The van der Waals surface area contributed by atoms with Crippen molar-refractivity contribution in [3.63, 3.8) is 0 Å². The van der Waals surface area contributed by atoms with Crippen LogP contribution < -0.4 is 10.1 Å². The minimum absolute atomic E-state index is 0.828. The number of nitrogens with one attached hydrogen (secondary N) is 1. The maximum atomic E-state index is 5.80. The molecule has 1 fully saturated rings. The summed E-state index contributed by atoms with van der Waals surface area (Å²) in [4.78, 5) is 2.53. The van der Waals surface area contributed by atoms with E-state index < -0.39 is 0 Å². The van der Waals surface area contributed by atoms with Crippen LogP contribution in [0, 0.1) is 13.8 Å². The third-order valence-electron chi connectivity index (χ3n) is 3.83. The molecule has 0 saturated carbocycles. The molecule has 0 radical (unpaired) electrons. The summed E-state index contributed by atoms with van der Waals surface area (Å²) in [6, 6.07) is 6.33. The number of ether oxygens (including phenoxy) is 1. The Hall–Kier alpha value is -1.06. The predicted molar refractivity (Wildman–Crippen MR) is 80.0 cm³/mol. The number of hydrogen-bond donors (Lipinski definition) is 1. The van der Waals surface area contributed by atoms with Gasteiger partial charge in [-0.25, -0.2) is 0 Å². The van der Waals surface area contributed by atoms with Crippen molar-refractivity contribution in [2.45, 2.75) is 26.7 Å². The molecule has 1 aliphatic rings. The number of piperazine rings is 1. The van der Waals surface area contributed by atoms with E-state index >= 15 is 0 Å². The summed E-state index contributed by atoms with van der Waals surface area (Å²) in [6.45, 7) is 11.0. The van der Waals surface area contributed by atoms with Gasteiger partial charge in [-0.05, 0) is 56.5 Å². The van der Waals surface area contributed by atoms with Crippen LogP contribution in [0.4, 0.5) is 0 Å². The van der Waals surface area contributed by atoms with E-state index in [9.17, 15) is 0 Å². The zero-order valence-corrected chi connectivity index (χ0v) is 12.2. The summed E-state index contributed by atoms with van der Waals surface area (Å²) in [5.74, 6) is 1.00. The highest BCUT2D eigenvalue weighted by Gasteiger charge is 2.08. The molecule has 1 aromatic rings. The van der Waals surface area contributed by atoms with Crippen molar-refractivity contribution in [2.75, 3.05) is 39.3 Å². The Morgan fingerprint density at radius 3 is 2.63 bits per heavy atom. The minimum atomic E-state index is 0.828. The van der Waals surface area contributed by atoms with Crippen molar-refractivity contribution < 1.29 is 4.74 Å². The number of unbranched alkanes of at least 4 members (excludes halogenated alkanes) is 1. The average molecular weight is 262 g/mol. The van der Waals surface area contributed by atoms with E-state index in [4.69, 9.17) is 4.74 Å². The molecule has 0 amide bonds. The molecule has 1 heterocycles. The van der Waals surface area contributed by atoms with Crippen molar-refractivity contribution in [1.29, 1.82) is 0 Å². The molecule has 106 valence electrons. The fourth-order valence-corrected chi connectivity index (χ4v) is 2.37. The molecule has 0 aromatic heterocycles. The Bertz CT molecular complexity index is 386. The van der Waals surface area contributed by atoms with Gasteiger partial charge in [0.15, 0.2) is 0 Å². The summed E-state index contributed by atoms with van der Waals surface area (Å²) in [6.07, 6.45) is 2.36.